The molecule has 0 unspecified atom stereocenters. The van der Waals surface area contributed by atoms with E-state index in [1.54, 1.807) is 0 Å². The van der Waals surface area contributed by atoms with Crippen LogP contribution in [0, 0.1) is 0 Å². The molecule has 0 atom stereocenters. The molecule has 0 spiro atoms. The molecule has 0 aliphatic carbocycles. The van der Waals surface area contributed by atoms with Crippen molar-refractivity contribution in [2.24, 2.45) is 0 Å². The second-order valence-corrected chi connectivity index (χ2v) is 6.58. The molecule has 0 saturated carbocycles. The second-order valence-electron chi connectivity index (χ2n) is 6.58. The standard InChI is InChI=1S/C21H23N3O.ClH/c1-3-7-18(8-4-1)16-23-11-13-24(14-12-23)17-20-15-21(22-25-20)19-9-5-2-6-10-19;/h1-10,15H,11-14,16-17H2;1H. The van der Waals surface area contributed by atoms with E-state index < -0.39 is 0 Å². The minimum Gasteiger partial charge on any atom is -0.359 e. The fraction of sp³-hybridized carbons (Fsp3) is 0.286. The highest BCUT2D eigenvalue weighted by Crippen LogP contribution is 2.20. The van der Waals surface area contributed by atoms with Crippen LogP contribution in [0.25, 0.3) is 11.3 Å². The summed E-state index contributed by atoms with van der Waals surface area (Å²) >= 11 is 0. The molecule has 1 aromatic heterocycles. The maximum Gasteiger partial charge on any atom is 0.151 e. The molecular weight excluding hydrogens is 346 g/mol. The Balaban J connectivity index is 0.00000196. The number of hydrogen-bond donors (Lipinski definition) is 0. The zero-order chi connectivity index (χ0) is 16.9. The molecule has 0 amide bonds. The lowest BCUT2D eigenvalue weighted by Gasteiger charge is -2.34. The first kappa shape index (κ1) is 18.6. The van der Waals surface area contributed by atoms with Gasteiger partial charge in [0.25, 0.3) is 0 Å². The van der Waals surface area contributed by atoms with Crippen molar-refractivity contribution >= 4 is 12.4 Å². The lowest BCUT2D eigenvalue weighted by molar-refractivity contribution is 0.114. The molecule has 1 saturated heterocycles. The molecule has 0 radical (unpaired) electrons. The van der Waals surface area contributed by atoms with Crippen molar-refractivity contribution in [1.82, 2.24) is 15.0 Å². The van der Waals surface area contributed by atoms with Gasteiger partial charge in [-0.2, -0.15) is 0 Å². The highest BCUT2D eigenvalue weighted by atomic mass is 35.5. The van der Waals surface area contributed by atoms with E-state index in [1.807, 2.05) is 18.2 Å². The zero-order valence-electron chi connectivity index (χ0n) is 14.8. The molecule has 5 heteroatoms. The lowest BCUT2D eigenvalue weighted by atomic mass is 10.1. The van der Waals surface area contributed by atoms with E-state index in [0.717, 1.165) is 56.3 Å². The van der Waals surface area contributed by atoms with Crippen LogP contribution in [-0.4, -0.2) is 41.1 Å². The van der Waals surface area contributed by atoms with E-state index in [-0.39, 0.29) is 12.4 Å². The first-order valence-corrected chi connectivity index (χ1v) is 8.86. The van der Waals surface area contributed by atoms with Crippen molar-refractivity contribution in [2.45, 2.75) is 13.1 Å². The minimum atomic E-state index is 0. The van der Waals surface area contributed by atoms with Gasteiger partial charge in [0.1, 0.15) is 5.69 Å². The topological polar surface area (TPSA) is 32.5 Å². The van der Waals surface area contributed by atoms with Gasteiger partial charge in [-0.05, 0) is 5.56 Å². The minimum absolute atomic E-state index is 0. The van der Waals surface area contributed by atoms with E-state index in [1.165, 1.54) is 5.56 Å². The molecule has 0 bridgehead atoms. The van der Waals surface area contributed by atoms with Crippen LogP contribution in [0.4, 0.5) is 0 Å². The van der Waals surface area contributed by atoms with Gasteiger partial charge >= 0.3 is 0 Å². The zero-order valence-corrected chi connectivity index (χ0v) is 15.6. The van der Waals surface area contributed by atoms with Crippen LogP contribution in [0.5, 0.6) is 0 Å². The van der Waals surface area contributed by atoms with E-state index in [2.05, 4.69) is 63.5 Å². The third-order valence-corrected chi connectivity index (χ3v) is 4.72. The van der Waals surface area contributed by atoms with Crippen molar-refractivity contribution < 1.29 is 4.52 Å². The van der Waals surface area contributed by atoms with Crippen molar-refractivity contribution in [3.8, 4) is 11.3 Å². The summed E-state index contributed by atoms with van der Waals surface area (Å²) in [5.41, 5.74) is 3.40. The molecule has 1 fully saturated rings. The van der Waals surface area contributed by atoms with Crippen LogP contribution in [0.15, 0.2) is 71.3 Å². The Labute approximate surface area is 160 Å². The number of hydrogen-bond acceptors (Lipinski definition) is 4. The van der Waals surface area contributed by atoms with Gasteiger partial charge in [-0.1, -0.05) is 65.8 Å². The molecule has 4 nitrogen and oxygen atoms in total. The number of piperazine rings is 1. The van der Waals surface area contributed by atoms with E-state index in [4.69, 9.17) is 4.52 Å². The third-order valence-electron chi connectivity index (χ3n) is 4.72. The van der Waals surface area contributed by atoms with Crippen LogP contribution in [0.3, 0.4) is 0 Å². The number of aromatic nitrogens is 1. The maximum absolute atomic E-state index is 5.54. The third kappa shape index (κ3) is 4.73. The molecule has 1 aliphatic rings. The predicted molar refractivity (Wildman–Crippen MR) is 106 cm³/mol. The molecule has 3 aromatic rings. The SMILES string of the molecule is Cl.c1ccc(CN2CCN(Cc3cc(-c4ccccc4)no3)CC2)cc1. The number of benzene rings is 2. The van der Waals surface area contributed by atoms with E-state index in [9.17, 15) is 0 Å². The van der Waals surface area contributed by atoms with Gasteiger partial charge in [0.05, 0.1) is 6.54 Å². The largest absolute Gasteiger partial charge is 0.359 e. The monoisotopic (exact) mass is 369 g/mol. The van der Waals surface area contributed by atoms with Crippen molar-refractivity contribution in [3.63, 3.8) is 0 Å². The summed E-state index contributed by atoms with van der Waals surface area (Å²) in [6, 6.07) is 22.9. The first-order valence-electron chi connectivity index (χ1n) is 8.86. The Hall–Kier alpha value is -2.14. The molecule has 2 heterocycles. The average molecular weight is 370 g/mol. The van der Waals surface area contributed by atoms with Gasteiger partial charge in [0.2, 0.25) is 0 Å². The maximum atomic E-state index is 5.54. The van der Waals surface area contributed by atoms with Crippen LogP contribution in [0.1, 0.15) is 11.3 Å². The molecule has 4 rings (SSSR count). The molecule has 1 aliphatic heterocycles. The van der Waals surface area contributed by atoms with Crippen molar-refractivity contribution in [3.05, 3.63) is 78.1 Å². The van der Waals surface area contributed by atoms with Crippen LogP contribution in [0.2, 0.25) is 0 Å². The summed E-state index contributed by atoms with van der Waals surface area (Å²) in [5, 5.41) is 4.21. The molecule has 0 N–H and O–H groups in total. The second kappa shape index (κ2) is 8.99. The van der Waals surface area contributed by atoms with Crippen LogP contribution >= 0.6 is 12.4 Å². The summed E-state index contributed by atoms with van der Waals surface area (Å²) in [5.74, 6) is 0.940. The Morgan fingerprint density at radius 3 is 2.00 bits per heavy atom. The summed E-state index contributed by atoms with van der Waals surface area (Å²) in [6.07, 6.45) is 0. The number of nitrogens with zero attached hydrogens (tertiary/aromatic N) is 3. The van der Waals surface area contributed by atoms with Gasteiger partial charge in [0, 0.05) is 44.4 Å². The Morgan fingerprint density at radius 1 is 0.769 bits per heavy atom. The molecular formula is C21H24ClN3O. The van der Waals surface area contributed by atoms with Crippen LogP contribution < -0.4 is 0 Å². The summed E-state index contributed by atoms with van der Waals surface area (Å²) < 4.78 is 5.54. The first-order chi connectivity index (χ1) is 12.4. The fourth-order valence-electron chi connectivity index (χ4n) is 3.30. The van der Waals surface area contributed by atoms with Gasteiger partial charge in [0.15, 0.2) is 5.76 Å². The average Bonchev–Trinajstić information content (AvgIpc) is 3.14. The van der Waals surface area contributed by atoms with Gasteiger partial charge < -0.3 is 4.52 Å². The Kier molecular flexibility index (Phi) is 6.45. The quantitative estimate of drug-likeness (QED) is 0.678. The van der Waals surface area contributed by atoms with Gasteiger partial charge in [-0.25, -0.2) is 0 Å². The fourth-order valence-corrected chi connectivity index (χ4v) is 3.30. The highest BCUT2D eigenvalue weighted by Gasteiger charge is 2.18. The van der Waals surface area contributed by atoms with Gasteiger partial charge in [-0.3, -0.25) is 9.80 Å². The number of rotatable bonds is 5. The van der Waals surface area contributed by atoms with Crippen LogP contribution in [-0.2, 0) is 13.1 Å². The van der Waals surface area contributed by atoms with Crippen molar-refractivity contribution in [1.29, 1.82) is 0 Å². The number of halogens is 1. The van der Waals surface area contributed by atoms with Crippen molar-refractivity contribution in [2.75, 3.05) is 26.2 Å². The lowest BCUT2D eigenvalue weighted by Crippen LogP contribution is -2.45. The summed E-state index contributed by atoms with van der Waals surface area (Å²) in [4.78, 5) is 4.96. The Bertz CT molecular complexity index is 783. The molecule has 2 aromatic carbocycles. The normalized spacial score (nSPS) is 15.5. The van der Waals surface area contributed by atoms with Gasteiger partial charge in [-0.15, -0.1) is 12.4 Å². The summed E-state index contributed by atoms with van der Waals surface area (Å²) in [7, 11) is 0. The predicted octanol–water partition coefficient (Wildman–Crippen LogP) is 4.08. The molecule has 26 heavy (non-hydrogen) atoms. The Morgan fingerprint density at radius 2 is 1.35 bits per heavy atom. The smallest absolute Gasteiger partial charge is 0.151 e. The van der Waals surface area contributed by atoms with E-state index in [0.29, 0.717) is 0 Å². The summed E-state index contributed by atoms with van der Waals surface area (Å²) in [6.45, 7) is 6.18. The molecule has 136 valence electrons. The highest BCUT2D eigenvalue weighted by molar-refractivity contribution is 5.85. The van der Waals surface area contributed by atoms with E-state index >= 15 is 0 Å².